The second-order valence-corrected chi connectivity index (χ2v) is 6.25. The quantitative estimate of drug-likeness (QED) is 0.699. The summed E-state index contributed by atoms with van der Waals surface area (Å²) in [5.74, 6) is -0.185. The SMILES string of the molecule is CCCC(O)C1C(CO)CC1n1cc(C=CBr)c(=O)[nH]c1=O. The summed E-state index contributed by atoms with van der Waals surface area (Å²) in [6.07, 6.45) is 4.60. The number of H-pyrrole nitrogens is 1. The molecule has 1 aliphatic rings. The van der Waals surface area contributed by atoms with E-state index in [0.717, 1.165) is 6.42 Å². The van der Waals surface area contributed by atoms with Gasteiger partial charge in [-0.3, -0.25) is 14.3 Å². The number of aliphatic hydroxyl groups excluding tert-OH is 2. The molecule has 1 aromatic rings. The summed E-state index contributed by atoms with van der Waals surface area (Å²) in [5.41, 5.74) is -0.555. The molecular formula is C15H21BrN2O4. The Morgan fingerprint density at radius 1 is 1.55 bits per heavy atom. The van der Waals surface area contributed by atoms with Gasteiger partial charge in [0.1, 0.15) is 0 Å². The maximum Gasteiger partial charge on any atom is 0.328 e. The molecule has 1 aromatic heterocycles. The van der Waals surface area contributed by atoms with Gasteiger partial charge in [-0.15, -0.1) is 0 Å². The summed E-state index contributed by atoms with van der Waals surface area (Å²) in [7, 11) is 0. The Morgan fingerprint density at radius 3 is 2.86 bits per heavy atom. The van der Waals surface area contributed by atoms with E-state index in [9.17, 15) is 19.8 Å². The molecule has 0 amide bonds. The maximum atomic E-state index is 12.1. The molecule has 7 heteroatoms. The molecule has 4 unspecified atom stereocenters. The zero-order valence-electron chi connectivity index (χ0n) is 12.4. The number of halogens is 1. The molecule has 0 radical (unpaired) electrons. The molecule has 0 spiro atoms. The smallest absolute Gasteiger partial charge is 0.328 e. The van der Waals surface area contributed by atoms with Gasteiger partial charge in [0.05, 0.1) is 11.7 Å². The zero-order valence-corrected chi connectivity index (χ0v) is 14.0. The molecule has 6 nitrogen and oxygen atoms in total. The molecule has 4 atom stereocenters. The van der Waals surface area contributed by atoms with E-state index in [4.69, 9.17) is 0 Å². The van der Waals surface area contributed by atoms with Gasteiger partial charge in [0.25, 0.3) is 5.56 Å². The Hall–Kier alpha value is -1.18. The van der Waals surface area contributed by atoms with Gasteiger partial charge in [-0.25, -0.2) is 4.79 Å². The average molecular weight is 373 g/mol. The van der Waals surface area contributed by atoms with Crippen molar-refractivity contribution < 1.29 is 10.2 Å². The Bertz CT molecular complexity index is 652. The minimum atomic E-state index is -0.560. The second-order valence-electron chi connectivity index (χ2n) is 5.72. The van der Waals surface area contributed by atoms with Gasteiger partial charge in [0.2, 0.25) is 0 Å². The minimum absolute atomic E-state index is 0.00575. The van der Waals surface area contributed by atoms with Gasteiger partial charge < -0.3 is 10.2 Å². The first kappa shape index (κ1) is 17.2. The van der Waals surface area contributed by atoms with Crippen LogP contribution in [0.5, 0.6) is 0 Å². The average Bonchev–Trinajstić information content (AvgIpc) is 2.43. The minimum Gasteiger partial charge on any atom is -0.396 e. The van der Waals surface area contributed by atoms with Crippen molar-refractivity contribution in [3.63, 3.8) is 0 Å². The fourth-order valence-electron chi connectivity index (χ4n) is 3.23. The summed E-state index contributed by atoms with van der Waals surface area (Å²) in [5, 5.41) is 19.7. The van der Waals surface area contributed by atoms with Crippen molar-refractivity contribution in [2.24, 2.45) is 11.8 Å². The number of nitrogens with one attached hydrogen (secondary N) is 1. The topological polar surface area (TPSA) is 95.3 Å². The monoisotopic (exact) mass is 372 g/mol. The lowest BCUT2D eigenvalue weighted by Gasteiger charge is -2.47. The summed E-state index contributed by atoms with van der Waals surface area (Å²) in [6.45, 7) is 1.98. The highest BCUT2D eigenvalue weighted by molar-refractivity contribution is 9.11. The van der Waals surface area contributed by atoms with Crippen molar-refractivity contribution in [2.75, 3.05) is 6.61 Å². The molecule has 1 saturated carbocycles. The van der Waals surface area contributed by atoms with Crippen molar-refractivity contribution in [1.82, 2.24) is 9.55 Å². The molecule has 22 heavy (non-hydrogen) atoms. The van der Waals surface area contributed by atoms with E-state index in [1.54, 1.807) is 11.1 Å². The van der Waals surface area contributed by atoms with Gasteiger partial charge in [0, 0.05) is 24.8 Å². The van der Waals surface area contributed by atoms with Crippen LogP contribution < -0.4 is 11.2 Å². The summed E-state index contributed by atoms with van der Waals surface area (Å²) >= 11 is 3.11. The molecule has 1 heterocycles. The van der Waals surface area contributed by atoms with E-state index < -0.39 is 17.4 Å². The van der Waals surface area contributed by atoms with Crippen LogP contribution in [0.25, 0.3) is 6.08 Å². The van der Waals surface area contributed by atoms with E-state index in [-0.39, 0.29) is 24.5 Å². The molecule has 0 saturated heterocycles. The molecule has 0 aromatic carbocycles. The summed E-state index contributed by atoms with van der Waals surface area (Å²) < 4.78 is 1.47. The van der Waals surface area contributed by atoms with Crippen LogP contribution in [-0.4, -0.2) is 32.5 Å². The van der Waals surface area contributed by atoms with E-state index in [2.05, 4.69) is 20.9 Å². The van der Waals surface area contributed by atoms with Crippen LogP contribution >= 0.6 is 15.9 Å². The van der Waals surface area contributed by atoms with E-state index in [0.29, 0.717) is 18.4 Å². The first-order valence-corrected chi connectivity index (χ1v) is 8.36. The van der Waals surface area contributed by atoms with Crippen molar-refractivity contribution in [3.05, 3.63) is 37.6 Å². The van der Waals surface area contributed by atoms with Crippen LogP contribution in [0.1, 0.15) is 37.8 Å². The molecule has 0 aliphatic heterocycles. The first-order chi connectivity index (χ1) is 10.5. The van der Waals surface area contributed by atoms with Crippen molar-refractivity contribution in [2.45, 2.75) is 38.3 Å². The van der Waals surface area contributed by atoms with Crippen LogP contribution in [0.2, 0.25) is 0 Å². The van der Waals surface area contributed by atoms with E-state index in [1.807, 2.05) is 6.92 Å². The number of nitrogens with zero attached hydrogens (tertiary/aromatic N) is 1. The molecule has 0 bridgehead atoms. The largest absolute Gasteiger partial charge is 0.396 e. The lowest BCUT2D eigenvalue weighted by molar-refractivity contribution is -0.0600. The number of aromatic nitrogens is 2. The molecule has 1 aliphatic carbocycles. The number of hydrogen-bond donors (Lipinski definition) is 3. The number of aliphatic hydroxyl groups is 2. The van der Waals surface area contributed by atoms with Crippen molar-refractivity contribution in [1.29, 1.82) is 0 Å². The summed E-state index contributed by atoms with van der Waals surface area (Å²) in [4.78, 5) is 27.6. The van der Waals surface area contributed by atoms with E-state index >= 15 is 0 Å². The van der Waals surface area contributed by atoms with Gasteiger partial charge in [-0.05, 0) is 29.8 Å². The third-order valence-electron chi connectivity index (χ3n) is 4.39. The number of rotatable bonds is 6. The predicted molar refractivity (Wildman–Crippen MR) is 87.9 cm³/mol. The second kappa shape index (κ2) is 7.39. The third-order valence-corrected chi connectivity index (χ3v) is 4.66. The van der Waals surface area contributed by atoms with Crippen LogP contribution in [0, 0.1) is 11.8 Å². The van der Waals surface area contributed by atoms with Gasteiger partial charge in [-0.1, -0.05) is 29.3 Å². The molecule has 2 rings (SSSR count). The van der Waals surface area contributed by atoms with Gasteiger partial charge in [-0.2, -0.15) is 0 Å². The van der Waals surface area contributed by atoms with Crippen LogP contribution in [0.4, 0.5) is 0 Å². The van der Waals surface area contributed by atoms with Gasteiger partial charge >= 0.3 is 5.69 Å². The fourth-order valence-corrected chi connectivity index (χ4v) is 3.52. The van der Waals surface area contributed by atoms with Crippen molar-refractivity contribution >= 4 is 22.0 Å². The molecule has 3 N–H and O–H groups in total. The highest BCUT2D eigenvalue weighted by Crippen LogP contribution is 2.46. The normalized spacial score (nSPS) is 26.1. The zero-order chi connectivity index (χ0) is 16.3. The van der Waals surface area contributed by atoms with Crippen LogP contribution in [0.3, 0.4) is 0 Å². The summed E-state index contributed by atoms with van der Waals surface area (Å²) in [6, 6.07) is -0.203. The van der Waals surface area contributed by atoms with E-state index in [1.165, 1.54) is 10.8 Å². The fraction of sp³-hybridized carbons (Fsp3) is 0.600. The third kappa shape index (κ3) is 3.26. The highest BCUT2D eigenvalue weighted by atomic mass is 79.9. The van der Waals surface area contributed by atoms with Crippen molar-refractivity contribution in [3.8, 4) is 0 Å². The number of aromatic amines is 1. The lowest BCUT2D eigenvalue weighted by atomic mass is 9.66. The standard InChI is InChI=1S/C15H21BrN2O4/c1-2-3-12(20)13-10(8-19)6-11(13)18-7-9(4-5-16)14(21)17-15(18)22/h4-5,7,10-13,19-20H,2-3,6,8H2,1H3,(H,17,21,22). The molecule has 1 fully saturated rings. The highest BCUT2D eigenvalue weighted by Gasteiger charge is 2.45. The Balaban J connectivity index is 2.36. The predicted octanol–water partition coefficient (Wildman–Crippen LogP) is 1.23. The molecule has 122 valence electrons. The van der Waals surface area contributed by atoms with Crippen LogP contribution in [-0.2, 0) is 0 Å². The lowest BCUT2D eigenvalue weighted by Crippen LogP contribution is -2.50. The Morgan fingerprint density at radius 2 is 2.27 bits per heavy atom. The molecular weight excluding hydrogens is 352 g/mol. The maximum absolute atomic E-state index is 12.1. The first-order valence-electron chi connectivity index (χ1n) is 7.44. The Labute approximate surface area is 136 Å². The van der Waals surface area contributed by atoms with Crippen LogP contribution in [0.15, 0.2) is 20.8 Å². The number of hydrogen-bond acceptors (Lipinski definition) is 4. The van der Waals surface area contributed by atoms with Gasteiger partial charge in [0.15, 0.2) is 0 Å². The Kier molecular flexibility index (Phi) is 5.77.